The van der Waals surface area contributed by atoms with Crippen molar-refractivity contribution in [2.45, 2.75) is 19.9 Å². The monoisotopic (exact) mass is 306 g/mol. The summed E-state index contributed by atoms with van der Waals surface area (Å²) in [6.07, 6.45) is 1.80. The molecule has 0 aliphatic carbocycles. The maximum Gasteiger partial charge on any atom is 0.142 e. The molecule has 1 aromatic heterocycles. The van der Waals surface area contributed by atoms with Gasteiger partial charge < -0.3 is 4.90 Å². The van der Waals surface area contributed by atoms with Crippen LogP contribution in [0.4, 0.5) is 5.82 Å². The summed E-state index contributed by atoms with van der Waals surface area (Å²) < 4.78 is 2.00. The first-order valence-corrected chi connectivity index (χ1v) is 5.65. The highest BCUT2D eigenvalue weighted by Gasteiger charge is 2.09. The maximum atomic E-state index is 4.33. The Labute approximate surface area is 95.6 Å². The molecule has 0 amide bonds. The van der Waals surface area contributed by atoms with E-state index in [1.54, 1.807) is 6.20 Å². The molecule has 0 unspecified atom stereocenters. The second-order valence-electron chi connectivity index (χ2n) is 3.16. The molecule has 0 saturated heterocycles. The number of rotatable bonds is 2. The number of hydrogen-bond acceptors (Lipinski definition) is 2. The standard InChI is InChI=1S/C9H12Br2N2/c1-6(2)13(3)9-8(11)4-7(10)5-12-9/h4-6H,1-3H3. The van der Waals surface area contributed by atoms with Crippen molar-refractivity contribution in [2.75, 3.05) is 11.9 Å². The largest absolute Gasteiger partial charge is 0.356 e. The summed E-state index contributed by atoms with van der Waals surface area (Å²) in [7, 11) is 2.03. The van der Waals surface area contributed by atoms with Gasteiger partial charge >= 0.3 is 0 Å². The van der Waals surface area contributed by atoms with Gasteiger partial charge in [-0.2, -0.15) is 0 Å². The summed E-state index contributed by atoms with van der Waals surface area (Å²) in [5.74, 6) is 0.971. The van der Waals surface area contributed by atoms with E-state index in [0.717, 1.165) is 14.8 Å². The maximum absolute atomic E-state index is 4.33. The molecule has 0 aliphatic heterocycles. The molecular formula is C9H12Br2N2. The van der Waals surface area contributed by atoms with Crippen molar-refractivity contribution in [3.63, 3.8) is 0 Å². The molecule has 0 atom stereocenters. The van der Waals surface area contributed by atoms with Gasteiger partial charge in [-0.3, -0.25) is 0 Å². The molecule has 4 heteroatoms. The van der Waals surface area contributed by atoms with Crippen LogP contribution >= 0.6 is 31.9 Å². The van der Waals surface area contributed by atoms with Gasteiger partial charge in [-0.25, -0.2) is 4.98 Å². The van der Waals surface area contributed by atoms with Crippen molar-refractivity contribution in [1.82, 2.24) is 4.98 Å². The lowest BCUT2D eigenvalue weighted by Gasteiger charge is -2.23. The van der Waals surface area contributed by atoms with Gasteiger partial charge in [0.05, 0.1) is 4.47 Å². The fourth-order valence-corrected chi connectivity index (χ4v) is 2.18. The summed E-state index contributed by atoms with van der Waals surface area (Å²) in [5, 5.41) is 0. The molecule has 0 radical (unpaired) electrons. The number of pyridine rings is 1. The molecule has 1 aromatic rings. The van der Waals surface area contributed by atoms with Crippen LogP contribution in [0.2, 0.25) is 0 Å². The molecule has 0 saturated carbocycles. The molecule has 13 heavy (non-hydrogen) atoms. The summed E-state index contributed by atoms with van der Waals surface area (Å²) in [5.41, 5.74) is 0. The van der Waals surface area contributed by atoms with E-state index in [-0.39, 0.29) is 0 Å². The van der Waals surface area contributed by atoms with Crippen molar-refractivity contribution >= 4 is 37.7 Å². The average Bonchev–Trinajstić information content (AvgIpc) is 2.03. The van der Waals surface area contributed by atoms with E-state index < -0.39 is 0 Å². The fraction of sp³-hybridized carbons (Fsp3) is 0.444. The summed E-state index contributed by atoms with van der Waals surface area (Å²) >= 11 is 6.85. The first-order chi connectivity index (χ1) is 6.02. The number of halogens is 2. The summed E-state index contributed by atoms with van der Waals surface area (Å²) in [4.78, 5) is 6.45. The fourth-order valence-electron chi connectivity index (χ4n) is 0.911. The first kappa shape index (κ1) is 11.0. The Bertz CT molecular complexity index is 300. The molecule has 0 spiro atoms. The lowest BCUT2D eigenvalue weighted by Crippen LogP contribution is -2.26. The molecule has 1 heterocycles. The third-order valence-corrected chi connectivity index (χ3v) is 2.91. The molecule has 0 fully saturated rings. The second-order valence-corrected chi connectivity index (χ2v) is 4.93. The lowest BCUT2D eigenvalue weighted by atomic mass is 10.3. The Hall–Kier alpha value is -0.0900. The minimum atomic E-state index is 0.449. The first-order valence-electron chi connectivity index (χ1n) is 4.06. The number of anilines is 1. The van der Waals surface area contributed by atoms with Crippen LogP contribution in [0.1, 0.15) is 13.8 Å². The van der Waals surface area contributed by atoms with E-state index in [0.29, 0.717) is 6.04 Å². The van der Waals surface area contributed by atoms with Crippen LogP contribution in [0.15, 0.2) is 21.2 Å². The second kappa shape index (κ2) is 4.42. The highest BCUT2D eigenvalue weighted by molar-refractivity contribution is 9.11. The van der Waals surface area contributed by atoms with E-state index in [9.17, 15) is 0 Å². The normalized spacial score (nSPS) is 10.6. The van der Waals surface area contributed by atoms with E-state index in [2.05, 4.69) is 55.6 Å². The van der Waals surface area contributed by atoms with E-state index in [1.165, 1.54) is 0 Å². The van der Waals surface area contributed by atoms with Crippen LogP contribution in [0.3, 0.4) is 0 Å². The predicted molar refractivity (Wildman–Crippen MR) is 63.2 cm³/mol. The van der Waals surface area contributed by atoms with Gasteiger partial charge in [0.1, 0.15) is 5.82 Å². The van der Waals surface area contributed by atoms with Gasteiger partial charge in [-0.1, -0.05) is 0 Å². The zero-order valence-corrected chi connectivity index (χ0v) is 11.1. The lowest BCUT2D eigenvalue weighted by molar-refractivity contribution is 0.741. The van der Waals surface area contributed by atoms with E-state index >= 15 is 0 Å². The highest BCUT2D eigenvalue weighted by atomic mass is 79.9. The number of hydrogen-bond donors (Lipinski definition) is 0. The van der Waals surface area contributed by atoms with Gasteiger partial charge in [0.15, 0.2) is 0 Å². The van der Waals surface area contributed by atoms with E-state index in [4.69, 9.17) is 0 Å². The topological polar surface area (TPSA) is 16.1 Å². The van der Waals surface area contributed by atoms with E-state index in [1.807, 2.05) is 13.1 Å². The van der Waals surface area contributed by atoms with Crippen LogP contribution in [0.25, 0.3) is 0 Å². The molecule has 2 nitrogen and oxygen atoms in total. The SMILES string of the molecule is CC(C)N(C)c1ncc(Br)cc1Br. The third-order valence-electron chi connectivity index (χ3n) is 1.90. The van der Waals surface area contributed by atoms with Gasteiger partial charge in [-0.05, 0) is 51.8 Å². The Morgan fingerprint density at radius 3 is 2.46 bits per heavy atom. The Morgan fingerprint density at radius 1 is 1.38 bits per heavy atom. The van der Waals surface area contributed by atoms with Crippen LogP contribution in [-0.4, -0.2) is 18.1 Å². The Morgan fingerprint density at radius 2 is 2.00 bits per heavy atom. The zero-order chi connectivity index (χ0) is 10.0. The molecule has 0 bridgehead atoms. The van der Waals surface area contributed by atoms with Gasteiger partial charge in [0.25, 0.3) is 0 Å². The number of aromatic nitrogens is 1. The third kappa shape index (κ3) is 2.68. The molecule has 0 N–H and O–H groups in total. The number of nitrogens with zero attached hydrogens (tertiary/aromatic N) is 2. The average molecular weight is 308 g/mol. The van der Waals surface area contributed by atoms with Crippen molar-refractivity contribution in [3.05, 3.63) is 21.2 Å². The zero-order valence-electron chi connectivity index (χ0n) is 7.88. The van der Waals surface area contributed by atoms with Crippen molar-refractivity contribution in [2.24, 2.45) is 0 Å². The van der Waals surface area contributed by atoms with Crippen molar-refractivity contribution in [3.8, 4) is 0 Å². The van der Waals surface area contributed by atoms with Crippen LogP contribution < -0.4 is 4.90 Å². The molecule has 0 aromatic carbocycles. The molecule has 0 aliphatic rings. The molecule has 72 valence electrons. The Kier molecular flexibility index (Phi) is 3.74. The minimum absolute atomic E-state index is 0.449. The van der Waals surface area contributed by atoms with Crippen LogP contribution in [-0.2, 0) is 0 Å². The Balaban J connectivity index is 3.01. The minimum Gasteiger partial charge on any atom is -0.356 e. The van der Waals surface area contributed by atoms with Gasteiger partial charge in [0.2, 0.25) is 0 Å². The quantitative estimate of drug-likeness (QED) is 0.832. The predicted octanol–water partition coefficient (Wildman–Crippen LogP) is 3.45. The summed E-state index contributed by atoms with van der Waals surface area (Å²) in [6.45, 7) is 4.27. The van der Waals surface area contributed by atoms with Crippen LogP contribution in [0, 0.1) is 0 Å². The van der Waals surface area contributed by atoms with Gasteiger partial charge in [-0.15, -0.1) is 0 Å². The van der Waals surface area contributed by atoms with Crippen molar-refractivity contribution < 1.29 is 0 Å². The molecule has 1 rings (SSSR count). The van der Waals surface area contributed by atoms with Crippen molar-refractivity contribution in [1.29, 1.82) is 0 Å². The smallest absolute Gasteiger partial charge is 0.142 e. The molecular weight excluding hydrogens is 296 g/mol. The highest BCUT2D eigenvalue weighted by Crippen LogP contribution is 2.26. The van der Waals surface area contributed by atoms with Gasteiger partial charge in [0, 0.05) is 23.8 Å². The van der Waals surface area contributed by atoms with Crippen LogP contribution in [0.5, 0.6) is 0 Å². The summed E-state index contributed by atoms with van der Waals surface area (Å²) in [6, 6.07) is 2.45.